The number of amides is 1. The van der Waals surface area contributed by atoms with Crippen molar-refractivity contribution in [3.63, 3.8) is 0 Å². The lowest BCUT2D eigenvalue weighted by Gasteiger charge is -2.36. The van der Waals surface area contributed by atoms with Crippen molar-refractivity contribution < 1.29 is 18.7 Å². The summed E-state index contributed by atoms with van der Waals surface area (Å²) in [6, 6.07) is 3.40. The number of nitrogens with zero attached hydrogens (tertiary/aromatic N) is 1. The smallest absolute Gasteiger partial charge is 0.410 e. The van der Waals surface area contributed by atoms with Gasteiger partial charge in [0.1, 0.15) is 5.60 Å². The molecule has 6 nitrogen and oxygen atoms in total. The van der Waals surface area contributed by atoms with Gasteiger partial charge >= 0.3 is 6.09 Å². The largest absolute Gasteiger partial charge is 0.461 e. The molecule has 0 saturated carbocycles. The Hall–Kier alpha value is -1.82. The van der Waals surface area contributed by atoms with Gasteiger partial charge < -0.3 is 19.4 Å². The number of hydrogen-bond donors (Lipinski definition) is 1. The molecule has 128 valence electrons. The number of carbonyl (C=O) groups excluding carboxylic acids is 2. The van der Waals surface area contributed by atoms with Crippen LogP contribution in [-0.2, 0) is 4.74 Å². The summed E-state index contributed by atoms with van der Waals surface area (Å²) < 4.78 is 10.5. The van der Waals surface area contributed by atoms with Crippen LogP contribution in [0.5, 0.6) is 0 Å². The highest BCUT2D eigenvalue weighted by Crippen LogP contribution is 2.20. The molecule has 0 spiro atoms. The fourth-order valence-corrected chi connectivity index (χ4v) is 2.65. The van der Waals surface area contributed by atoms with Crippen molar-refractivity contribution in [3.05, 3.63) is 24.2 Å². The number of piperidine rings is 1. The molecule has 0 aliphatic carbocycles. The fourth-order valence-electron chi connectivity index (χ4n) is 2.65. The number of carbonyl (C=O) groups is 2. The van der Waals surface area contributed by atoms with Crippen molar-refractivity contribution in [2.75, 3.05) is 19.6 Å². The van der Waals surface area contributed by atoms with E-state index in [1.807, 2.05) is 20.8 Å². The summed E-state index contributed by atoms with van der Waals surface area (Å²) in [6.07, 6.45) is 4.19. The number of nitrogens with one attached hydrogen (secondary N) is 1. The van der Waals surface area contributed by atoms with Crippen LogP contribution in [0, 0.1) is 0 Å². The fraction of sp³-hybridized carbons (Fsp3) is 0.647. The van der Waals surface area contributed by atoms with E-state index in [0.29, 0.717) is 18.8 Å². The summed E-state index contributed by atoms with van der Waals surface area (Å²) in [6.45, 7) is 7.07. The van der Waals surface area contributed by atoms with Gasteiger partial charge in [-0.2, -0.15) is 0 Å². The maximum absolute atomic E-state index is 12.3. The Labute approximate surface area is 137 Å². The van der Waals surface area contributed by atoms with Gasteiger partial charge in [-0.05, 0) is 52.2 Å². The second-order valence-corrected chi connectivity index (χ2v) is 6.85. The van der Waals surface area contributed by atoms with Crippen molar-refractivity contribution in [1.82, 2.24) is 10.2 Å². The molecular weight excluding hydrogens is 296 g/mol. The van der Waals surface area contributed by atoms with Crippen LogP contribution in [0.3, 0.4) is 0 Å². The Kier molecular flexibility index (Phi) is 5.82. The van der Waals surface area contributed by atoms with E-state index in [0.717, 1.165) is 19.3 Å². The first-order valence-corrected chi connectivity index (χ1v) is 8.14. The Morgan fingerprint density at radius 1 is 1.39 bits per heavy atom. The molecule has 1 aliphatic rings. The lowest BCUT2D eigenvalue weighted by Crippen LogP contribution is -2.50. The highest BCUT2D eigenvalue weighted by Gasteiger charge is 2.30. The van der Waals surface area contributed by atoms with Crippen LogP contribution in [0.4, 0.5) is 4.79 Å². The zero-order valence-corrected chi connectivity index (χ0v) is 14.1. The highest BCUT2D eigenvalue weighted by molar-refractivity contribution is 5.94. The lowest BCUT2D eigenvalue weighted by molar-refractivity contribution is 0.0101. The van der Waals surface area contributed by atoms with E-state index >= 15 is 0 Å². The third kappa shape index (κ3) is 5.39. The van der Waals surface area contributed by atoms with Gasteiger partial charge in [0.15, 0.2) is 5.76 Å². The Balaban J connectivity index is 1.84. The second-order valence-electron chi connectivity index (χ2n) is 6.85. The minimum Gasteiger partial charge on any atom is -0.461 e. The molecule has 1 aromatic rings. The predicted octanol–water partition coefficient (Wildman–Crippen LogP) is 2.84. The van der Waals surface area contributed by atoms with Crippen molar-refractivity contribution in [2.24, 2.45) is 0 Å². The summed E-state index contributed by atoms with van der Waals surface area (Å²) in [7, 11) is 0. The van der Waals surface area contributed by atoms with Gasteiger partial charge in [0, 0.05) is 19.1 Å². The number of likely N-dealkylation sites (tertiary alicyclic amines) is 1. The van der Waals surface area contributed by atoms with Gasteiger partial charge in [-0.1, -0.05) is 0 Å². The highest BCUT2D eigenvalue weighted by atomic mass is 16.6. The molecule has 1 N–H and O–H groups in total. The normalized spacial score (nSPS) is 18.7. The van der Waals surface area contributed by atoms with Crippen LogP contribution < -0.4 is 5.32 Å². The SMILES string of the molecule is CC(C)(C)OC(=O)N1CCCCC1CNCC(=O)c1ccco1. The molecule has 0 radical (unpaired) electrons. The first-order valence-electron chi connectivity index (χ1n) is 8.14. The zero-order chi connectivity index (χ0) is 16.9. The van der Waals surface area contributed by atoms with Crippen molar-refractivity contribution >= 4 is 11.9 Å². The standard InChI is InChI=1S/C17H26N2O4/c1-17(2,3)23-16(21)19-9-5-4-7-13(19)11-18-12-14(20)15-8-6-10-22-15/h6,8,10,13,18H,4-5,7,9,11-12H2,1-3H3. The monoisotopic (exact) mass is 322 g/mol. The third-order valence-electron chi connectivity index (χ3n) is 3.72. The van der Waals surface area contributed by atoms with E-state index in [1.54, 1.807) is 17.0 Å². The number of furan rings is 1. The average molecular weight is 322 g/mol. The minimum absolute atomic E-state index is 0.0583. The van der Waals surface area contributed by atoms with Crippen LogP contribution in [0.2, 0.25) is 0 Å². The maximum Gasteiger partial charge on any atom is 0.410 e. The molecule has 1 saturated heterocycles. The topological polar surface area (TPSA) is 71.8 Å². The van der Waals surface area contributed by atoms with Gasteiger partial charge in [0.05, 0.1) is 12.8 Å². The molecule has 1 aromatic heterocycles. The van der Waals surface area contributed by atoms with E-state index in [-0.39, 0.29) is 24.5 Å². The predicted molar refractivity (Wildman–Crippen MR) is 86.5 cm³/mol. The molecule has 0 aromatic carbocycles. The number of rotatable bonds is 5. The van der Waals surface area contributed by atoms with Gasteiger partial charge in [0.25, 0.3) is 0 Å². The summed E-state index contributed by atoms with van der Waals surface area (Å²) >= 11 is 0. The van der Waals surface area contributed by atoms with E-state index < -0.39 is 5.60 Å². The molecule has 1 atom stereocenters. The Morgan fingerprint density at radius 3 is 2.83 bits per heavy atom. The van der Waals surface area contributed by atoms with Crippen LogP contribution in [0.1, 0.15) is 50.6 Å². The lowest BCUT2D eigenvalue weighted by atomic mass is 10.0. The van der Waals surface area contributed by atoms with Crippen LogP contribution >= 0.6 is 0 Å². The zero-order valence-electron chi connectivity index (χ0n) is 14.1. The van der Waals surface area contributed by atoms with Crippen LogP contribution in [0.15, 0.2) is 22.8 Å². The van der Waals surface area contributed by atoms with Gasteiger partial charge in [0.2, 0.25) is 5.78 Å². The van der Waals surface area contributed by atoms with E-state index in [1.165, 1.54) is 6.26 Å². The molecule has 1 aliphatic heterocycles. The second kappa shape index (κ2) is 7.64. The Morgan fingerprint density at radius 2 is 2.17 bits per heavy atom. The number of ketones is 1. The van der Waals surface area contributed by atoms with Crippen LogP contribution in [0.25, 0.3) is 0 Å². The first kappa shape index (κ1) is 17.5. The summed E-state index contributed by atoms with van der Waals surface area (Å²) in [5.74, 6) is 0.264. The van der Waals surface area contributed by atoms with E-state index in [4.69, 9.17) is 9.15 Å². The summed E-state index contributed by atoms with van der Waals surface area (Å²) in [5.41, 5.74) is -0.498. The van der Waals surface area contributed by atoms with Gasteiger partial charge in [-0.3, -0.25) is 4.79 Å². The van der Waals surface area contributed by atoms with Crippen molar-refractivity contribution in [2.45, 2.75) is 51.7 Å². The quantitative estimate of drug-likeness (QED) is 0.844. The van der Waals surface area contributed by atoms with E-state index in [2.05, 4.69) is 5.32 Å². The molecule has 2 rings (SSSR count). The number of hydrogen-bond acceptors (Lipinski definition) is 5. The van der Waals surface area contributed by atoms with Gasteiger partial charge in [-0.25, -0.2) is 4.79 Å². The molecule has 0 bridgehead atoms. The molecular formula is C17H26N2O4. The minimum atomic E-state index is -0.498. The molecule has 1 fully saturated rings. The van der Waals surface area contributed by atoms with Gasteiger partial charge in [-0.15, -0.1) is 0 Å². The maximum atomic E-state index is 12.3. The average Bonchev–Trinajstić information content (AvgIpc) is 3.00. The number of ether oxygens (including phenoxy) is 1. The van der Waals surface area contributed by atoms with Crippen molar-refractivity contribution in [3.8, 4) is 0 Å². The summed E-state index contributed by atoms with van der Waals surface area (Å²) in [5, 5.41) is 3.13. The molecule has 6 heteroatoms. The molecule has 23 heavy (non-hydrogen) atoms. The van der Waals surface area contributed by atoms with Crippen molar-refractivity contribution in [1.29, 1.82) is 0 Å². The van der Waals surface area contributed by atoms with Crippen LogP contribution in [-0.4, -0.2) is 48.1 Å². The Bertz CT molecular complexity index is 519. The molecule has 2 heterocycles. The van der Waals surface area contributed by atoms with E-state index in [9.17, 15) is 9.59 Å². The number of Topliss-reactive ketones (excluding diaryl/α,β-unsaturated/α-hetero) is 1. The third-order valence-corrected chi connectivity index (χ3v) is 3.72. The molecule has 1 unspecified atom stereocenters. The first-order chi connectivity index (χ1) is 10.9. The molecule has 1 amide bonds. The summed E-state index contributed by atoms with van der Waals surface area (Å²) in [4.78, 5) is 26.0.